The molecule has 7 heteroatoms. The monoisotopic (exact) mass is 226 g/mol. The van der Waals surface area contributed by atoms with Crippen molar-refractivity contribution in [1.29, 1.82) is 0 Å². The first-order chi connectivity index (χ1) is 3.63. The van der Waals surface area contributed by atoms with Gasteiger partial charge in [0.05, 0.1) is 12.8 Å². The number of halogens is 3. The second kappa shape index (κ2) is 12.5. The van der Waals surface area contributed by atoms with E-state index in [1.807, 2.05) is 0 Å². The third-order valence-corrected chi connectivity index (χ3v) is 0.553. The van der Waals surface area contributed by atoms with Crippen molar-refractivity contribution in [2.24, 2.45) is 0 Å². The summed E-state index contributed by atoms with van der Waals surface area (Å²) < 4.78 is 0. The van der Waals surface area contributed by atoms with Crippen molar-refractivity contribution < 1.29 is 19.8 Å². The van der Waals surface area contributed by atoms with Crippen molar-refractivity contribution in [2.45, 2.75) is 12.8 Å². The normalized spacial score (nSPS) is 6.18. The summed E-state index contributed by atoms with van der Waals surface area (Å²) in [5.74, 6) is -2.15. The van der Waals surface area contributed by atoms with Crippen LogP contribution >= 0.6 is 37.2 Å². The van der Waals surface area contributed by atoms with Gasteiger partial charge in [-0.3, -0.25) is 9.59 Å². The molecule has 0 heterocycles. The number of carbonyl (C=O) groups is 2. The number of hydrogen-bond acceptors (Lipinski definition) is 2. The molecule has 0 rings (SSSR count). The molecule has 11 heavy (non-hydrogen) atoms. The highest BCUT2D eigenvalue weighted by atomic mass is 35.5. The van der Waals surface area contributed by atoms with Gasteiger partial charge in [-0.1, -0.05) is 0 Å². The van der Waals surface area contributed by atoms with Gasteiger partial charge >= 0.3 is 11.9 Å². The lowest BCUT2D eigenvalue weighted by Gasteiger charge is -1.85. The van der Waals surface area contributed by atoms with Gasteiger partial charge in [0.2, 0.25) is 0 Å². The summed E-state index contributed by atoms with van der Waals surface area (Å²) in [4.78, 5) is 19.3. The fourth-order valence-corrected chi connectivity index (χ4v) is 0.214. The highest BCUT2D eigenvalue weighted by Gasteiger charge is 2.00. The predicted molar refractivity (Wildman–Crippen MR) is 46.2 cm³/mol. The number of aliphatic carboxylic acids is 2. The van der Waals surface area contributed by atoms with E-state index >= 15 is 0 Å². The smallest absolute Gasteiger partial charge is 0.303 e. The molecule has 0 saturated carbocycles. The second-order valence-corrected chi connectivity index (χ2v) is 1.29. The van der Waals surface area contributed by atoms with Crippen LogP contribution in [0.5, 0.6) is 0 Å². The van der Waals surface area contributed by atoms with Gasteiger partial charge in [-0.25, -0.2) is 0 Å². The molecule has 0 radical (unpaired) electrons. The maximum absolute atomic E-state index is 9.64. The summed E-state index contributed by atoms with van der Waals surface area (Å²) in [6.45, 7) is 0. The first kappa shape index (κ1) is 22.4. The zero-order valence-corrected chi connectivity index (χ0v) is 7.80. The Morgan fingerprint density at radius 3 is 1.09 bits per heavy atom. The zero-order valence-electron chi connectivity index (χ0n) is 5.35. The maximum Gasteiger partial charge on any atom is 0.303 e. The van der Waals surface area contributed by atoms with Crippen LogP contribution in [0.1, 0.15) is 12.8 Å². The molecule has 0 aliphatic rings. The Balaban J connectivity index is -0.0000000817. The van der Waals surface area contributed by atoms with Gasteiger partial charge in [-0.2, -0.15) is 0 Å². The topological polar surface area (TPSA) is 74.6 Å². The molecule has 0 aromatic rings. The lowest BCUT2D eigenvalue weighted by molar-refractivity contribution is -0.143. The molecule has 0 atom stereocenters. The van der Waals surface area contributed by atoms with Crippen LogP contribution in [-0.4, -0.2) is 22.2 Å². The van der Waals surface area contributed by atoms with Crippen LogP contribution in [0, 0.1) is 0 Å². The molecule has 70 valence electrons. The summed E-state index contributed by atoms with van der Waals surface area (Å²) in [7, 11) is 0. The van der Waals surface area contributed by atoms with Crippen molar-refractivity contribution in [3.8, 4) is 0 Å². The van der Waals surface area contributed by atoms with Gasteiger partial charge in [0.1, 0.15) is 0 Å². The number of hydrogen-bond donors (Lipinski definition) is 2. The average molecular weight is 227 g/mol. The van der Waals surface area contributed by atoms with E-state index in [2.05, 4.69) is 0 Å². The Morgan fingerprint density at radius 1 is 0.818 bits per heavy atom. The molecule has 4 nitrogen and oxygen atoms in total. The van der Waals surface area contributed by atoms with Crippen LogP contribution in [0.3, 0.4) is 0 Å². The van der Waals surface area contributed by atoms with E-state index in [0.29, 0.717) is 0 Å². The Bertz CT molecular complexity index is 102. The lowest BCUT2D eigenvalue weighted by Crippen LogP contribution is -2.00. The zero-order chi connectivity index (χ0) is 6.57. The van der Waals surface area contributed by atoms with E-state index in [1.165, 1.54) is 0 Å². The molecular weight excluding hydrogens is 218 g/mol. The van der Waals surface area contributed by atoms with Gasteiger partial charge in [0.15, 0.2) is 0 Å². The fourth-order valence-electron chi connectivity index (χ4n) is 0.214. The third-order valence-electron chi connectivity index (χ3n) is 0.553. The van der Waals surface area contributed by atoms with Crippen molar-refractivity contribution in [3.63, 3.8) is 0 Å². The van der Waals surface area contributed by atoms with E-state index in [4.69, 9.17) is 10.2 Å². The standard InChI is InChI=1S/C4H6O4.3ClH/c5-3(6)1-2-4(7)8;;;/h1-2H2,(H,5,6)(H,7,8);3*1H. The molecule has 0 aromatic heterocycles. The highest BCUT2D eigenvalue weighted by Crippen LogP contribution is 1.85. The van der Waals surface area contributed by atoms with Crippen molar-refractivity contribution in [1.82, 2.24) is 0 Å². The van der Waals surface area contributed by atoms with Gasteiger partial charge < -0.3 is 10.2 Å². The van der Waals surface area contributed by atoms with Crippen LogP contribution in [0.15, 0.2) is 0 Å². The molecule has 0 aliphatic heterocycles. The van der Waals surface area contributed by atoms with E-state index in [9.17, 15) is 9.59 Å². The second-order valence-electron chi connectivity index (χ2n) is 1.29. The molecule has 0 fully saturated rings. The first-order valence-corrected chi connectivity index (χ1v) is 2.06. The molecule has 0 aromatic carbocycles. The lowest BCUT2D eigenvalue weighted by atomic mass is 10.3. The van der Waals surface area contributed by atoms with Crippen molar-refractivity contribution in [2.75, 3.05) is 0 Å². The van der Waals surface area contributed by atoms with Crippen molar-refractivity contribution in [3.05, 3.63) is 0 Å². The molecule has 0 unspecified atom stereocenters. The number of rotatable bonds is 3. The Morgan fingerprint density at radius 2 is 1.00 bits per heavy atom. The number of carboxylic acid groups (broad SMARTS) is 2. The van der Waals surface area contributed by atoms with Gasteiger partial charge in [0, 0.05) is 0 Å². The Hall–Kier alpha value is -0.190. The highest BCUT2D eigenvalue weighted by molar-refractivity contribution is 5.86. The average Bonchev–Trinajstić information content (AvgIpc) is 1.61. The van der Waals surface area contributed by atoms with Crippen LogP contribution in [0.2, 0.25) is 0 Å². The van der Waals surface area contributed by atoms with E-state index < -0.39 is 11.9 Å². The minimum atomic E-state index is -1.08. The SMILES string of the molecule is Cl.Cl.Cl.O=C(O)CCC(=O)O. The van der Waals surface area contributed by atoms with Crippen LogP contribution in [0.4, 0.5) is 0 Å². The minimum Gasteiger partial charge on any atom is -0.481 e. The van der Waals surface area contributed by atoms with Crippen molar-refractivity contribution >= 4 is 49.2 Å². The third kappa shape index (κ3) is 25.9. The Kier molecular flexibility index (Phi) is 25.5. The van der Waals surface area contributed by atoms with Gasteiger partial charge in [-0.05, 0) is 0 Å². The molecule has 0 spiro atoms. The summed E-state index contributed by atoms with van der Waals surface area (Å²) in [6.07, 6.45) is -0.593. The molecule has 0 amide bonds. The van der Waals surface area contributed by atoms with E-state index in [0.717, 1.165) is 0 Å². The number of carboxylic acids is 2. The maximum atomic E-state index is 9.64. The van der Waals surface area contributed by atoms with Gasteiger partial charge in [0.25, 0.3) is 0 Å². The minimum absolute atomic E-state index is 0. The van der Waals surface area contributed by atoms with Gasteiger partial charge in [-0.15, -0.1) is 37.2 Å². The Labute approximate surface area is 82.2 Å². The summed E-state index contributed by atoms with van der Waals surface area (Å²) in [6, 6.07) is 0. The van der Waals surface area contributed by atoms with E-state index in [-0.39, 0.29) is 50.1 Å². The molecule has 0 saturated heterocycles. The first-order valence-electron chi connectivity index (χ1n) is 2.06. The molecular formula is C4H9Cl3O4. The van der Waals surface area contributed by atoms with Crippen LogP contribution in [0.25, 0.3) is 0 Å². The summed E-state index contributed by atoms with van der Waals surface area (Å²) >= 11 is 0. The predicted octanol–water partition coefficient (Wildman–Crippen LogP) is 1.20. The molecule has 0 aliphatic carbocycles. The summed E-state index contributed by atoms with van der Waals surface area (Å²) in [5, 5.41) is 15.8. The van der Waals surface area contributed by atoms with E-state index in [1.54, 1.807) is 0 Å². The molecule has 2 N–H and O–H groups in total. The molecule has 0 bridgehead atoms. The largest absolute Gasteiger partial charge is 0.481 e. The quantitative estimate of drug-likeness (QED) is 0.760. The van der Waals surface area contributed by atoms with Crippen LogP contribution in [-0.2, 0) is 9.59 Å². The fraction of sp³-hybridized carbons (Fsp3) is 0.500. The van der Waals surface area contributed by atoms with Crippen LogP contribution < -0.4 is 0 Å². The summed E-state index contributed by atoms with van der Waals surface area (Å²) in [5.41, 5.74) is 0.